The van der Waals surface area contributed by atoms with Gasteiger partial charge in [0.2, 0.25) is 0 Å². The zero-order chi connectivity index (χ0) is 15.1. The lowest BCUT2D eigenvalue weighted by Gasteiger charge is -2.26. The second-order valence-corrected chi connectivity index (χ2v) is 5.66. The van der Waals surface area contributed by atoms with Gasteiger partial charge in [-0.3, -0.25) is 0 Å². The van der Waals surface area contributed by atoms with E-state index in [2.05, 4.69) is 10.6 Å². The predicted octanol–water partition coefficient (Wildman–Crippen LogP) is 2.57. The van der Waals surface area contributed by atoms with Gasteiger partial charge in [-0.15, -0.1) is 0 Å². The van der Waals surface area contributed by atoms with E-state index in [1.807, 2.05) is 0 Å². The van der Waals surface area contributed by atoms with Gasteiger partial charge in [-0.2, -0.15) is 0 Å². The molecule has 3 N–H and O–H groups in total. The van der Waals surface area contributed by atoms with Crippen LogP contribution in [0.25, 0.3) is 0 Å². The molecule has 0 aliphatic heterocycles. The first-order valence-corrected chi connectivity index (χ1v) is 7.59. The van der Waals surface area contributed by atoms with Gasteiger partial charge >= 0.3 is 6.03 Å². The van der Waals surface area contributed by atoms with Gasteiger partial charge in [-0.25, -0.2) is 9.18 Å². The summed E-state index contributed by atoms with van der Waals surface area (Å²) in [4.78, 5) is 11.7. The van der Waals surface area contributed by atoms with Crippen LogP contribution in [0.15, 0.2) is 24.3 Å². The van der Waals surface area contributed by atoms with Crippen molar-refractivity contribution in [1.82, 2.24) is 10.6 Å². The van der Waals surface area contributed by atoms with Crippen LogP contribution in [0.2, 0.25) is 0 Å². The Kier molecular flexibility index (Phi) is 5.99. The predicted molar refractivity (Wildman–Crippen MR) is 79.2 cm³/mol. The minimum absolute atomic E-state index is 0.278. The molecule has 0 radical (unpaired) electrons. The largest absolute Gasteiger partial charge is 0.391 e. The van der Waals surface area contributed by atoms with E-state index in [-0.39, 0.29) is 18.4 Å². The summed E-state index contributed by atoms with van der Waals surface area (Å²) in [5.74, 6) is 0.00922. The van der Waals surface area contributed by atoms with Crippen LogP contribution in [0.5, 0.6) is 0 Å². The number of rotatable bonds is 5. The first-order valence-electron chi connectivity index (χ1n) is 7.59. The van der Waals surface area contributed by atoms with Crippen LogP contribution in [0.4, 0.5) is 9.18 Å². The maximum Gasteiger partial charge on any atom is 0.315 e. The Balaban J connectivity index is 1.66. The fraction of sp³-hybridized carbons (Fsp3) is 0.562. The molecule has 1 fully saturated rings. The molecule has 21 heavy (non-hydrogen) atoms. The third kappa shape index (κ3) is 5.34. The maximum atomic E-state index is 12.7. The number of aliphatic hydroxyl groups is 1. The third-order valence-electron chi connectivity index (χ3n) is 4.03. The molecule has 0 bridgehead atoms. The summed E-state index contributed by atoms with van der Waals surface area (Å²) in [6.07, 6.45) is 5.19. The second kappa shape index (κ2) is 7.98. The standard InChI is InChI=1S/C16H23FN2O2/c17-14-8-6-12(7-9-14)10-18-16(21)19-11-15(20)13-4-2-1-3-5-13/h6-9,13,15,20H,1-5,10-11H2,(H2,18,19,21)/t15-/m0/s1. The molecule has 2 amide bonds. The van der Waals surface area contributed by atoms with Crippen molar-refractivity contribution in [3.63, 3.8) is 0 Å². The lowest BCUT2D eigenvalue weighted by atomic mass is 9.85. The number of nitrogens with one attached hydrogen (secondary N) is 2. The number of halogens is 1. The van der Waals surface area contributed by atoms with Crippen LogP contribution in [0.1, 0.15) is 37.7 Å². The summed E-state index contributed by atoms with van der Waals surface area (Å²) in [5.41, 5.74) is 0.833. The van der Waals surface area contributed by atoms with Gasteiger partial charge in [-0.05, 0) is 36.5 Å². The van der Waals surface area contributed by atoms with Gasteiger partial charge in [-0.1, -0.05) is 31.4 Å². The molecule has 1 aliphatic rings. The number of aliphatic hydroxyl groups excluding tert-OH is 1. The minimum Gasteiger partial charge on any atom is -0.391 e. The van der Waals surface area contributed by atoms with Gasteiger partial charge in [0.15, 0.2) is 0 Å². The lowest BCUT2D eigenvalue weighted by molar-refractivity contribution is 0.0858. The van der Waals surface area contributed by atoms with E-state index in [9.17, 15) is 14.3 Å². The Morgan fingerprint density at radius 3 is 2.52 bits per heavy atom. The van der Waals surface area contributed by atoms with E-state index in [4.69, 9.17) is 0 Å². The summed E-state index contributed by atoms with van der Waals surface area (Å²) in [7, 11) is 0. The molecule has 4 nitrogen and oxygen atoms in total. The lowest BCUT2D eigenvalue weighted by Crippen LogP contribution is -2.41. The molecule has 2 rings (SSSR count). The summed E-state index contributed by atoms with van der Waals surface area (Å²) < 4.78 is 12.7. The van der Waals surface area contributed by atoms with Crippen molar-refractivity contribution in [1.29, 1.82) is 0 Å². The van der Waals surface area contributed by atoms with Crippen LogP contribution in [0.3, 0.4) is 0 Å². The number of carbonyl (C=O) groups is 1. The first-order chi connectivity index (χ1) is 10.1. The average Bonchev–Trinajstić information content (AvgIpc) is 2.53. The van der Waals surface area contributed by atoms with Gasteiger partial charge < -0.3 is 15.7 Å². The molecule has 1 aromatic carbocycles. The van der Waals surface area contributed by atoms with Crippen molar-refractivity contribution in [3.8, 4) is 0 Å². The SMILES string of the molecule is O=C(NCc1ccc(F)cc1)NC[C@H](O)C1CCCCC1. The van der Waals surface area contributed by atoms with Crippen molar-refractivity contribution in [2.24, 2.45) is 5.92 Å². The fourth-order valence-corrected chi connectivity index (χ4v) is 2.73. The summed E-state index contributed by atoms with van der Waals surface area (Å²) in [5, 5.41) is 15.4. The Morgan fingerprint density at radius 1 is 1.19 bits per heavy atom. The normalized spacial score (nSPS) is 17.2. The van der Waals surface area contributed by atoms with Crippen molar-refractivity contribution >= 4 is 6.03 Å². The highest BCUT2D eigenvalue weighted by atomic mass is 19.1. The monoisotopic (exact) mass is 294 g/mol. The number of hydrogen-bond donors (Lipinski definition) is 3. The van der Waals surface area contributed by atoms with Crippen LogP contribution in [-0.4, -0.2) is 23.8 Å². The number of carbonyl (C=O) groups excluding carboxylic acids is 1. The second-order valence-electron chi connectivity index (χ2n) is 5.66. The number of amides is 2. The highest BCUT2D eigenvalue weighted by molar-refractivity contribution is 5.73. The van der Waals surface area contributed by atoms with E-state index in [0.717, 1.165) is 18.4 Å². The van der Waals surface area contributed by atoms with Crippen molar-refractivity contribution < 1.29 is 14.3 Å². The van der Waals surface area contributed by atoms with E-state index >= 15 is 0 Å². The molecule has 5 heteroatoms. The Hall–Kier alpha value is -1.62. The quantitative estimate of drug-likeness (QED) is 0.781. The van der Waals surface area contributed by atoms with Crippen LogP contribution in [-0.2, 0) is 6.54 Å². The average molecular weight is 294 g/mol. The molecule has 0 aromatic heterocycles. The smallest absolute Gasteiger partial charge is 0.315 e. The molecule has 0 unspecified atom stereocenters. The maximum absolute atomic E-state index is 12.7. The Labute approximate surface area is 124 Å². The molecule has 116 valence electrons. The van der Waals surface area contributed by atoms with Crippen molar-refractivity contribution in [3.05, 3.63) is 35.6 Å². The van der Waals surface area contributed by atoms with Crippen LogP contribution >= 0.6 is 0 Å². The Bertz CT molecular complexity index is 444. The number of hydrogen-bond acceptors (Lipinski definition) is 2. The molecule has 1 atom stereocenters. The minimum atomic E-state index is -0.470. The molecule has 0 heterocycles. The van der Waals surface area contributed by atoms with Crippen molar-refractivity contribution in [2.45, 2.75) is 44.8 Å². The van der Waals surface area contributed by atoms with E-state index in [1.54, 1.807) is 12.1 Å². The fourth-order valence-electron chi connectivity index (χ4n) is 2.73. The van der Waals surface area contributed by atoms with E-state index < -0.39 is 6.10 Å². The molecular formula is C16H23FN2O2. The third-order valence-corrected chi connectivity index (χ3v) is 4.03. The molecular weight excluding hydrogens is 271 g/mol. The topological polar surface area (TPSA) is 61.4 Å². The van der Waals surface area contributed by atoms with E-state index in [1.165, 1.54) is 31.4 Å². The summed E-state index contributed by atoms with van der Waals surface area (Å²) >= 11 is 0. The summed E-state index contributed by atoms with van der Waals surface area (Å²) in [6.45, 7) is 0.617. The van der Waals surface area contributed by atoms with E-state index in [0.29, 0.717) is 12.5 Å². The molecule has 1 aliphatic carbocycles. The first kappa shape index (κ1) is 15.8. The number of urea groups is 1. The number of benzene rings is 1. The molecule has 0 saturated heterocycles. The van der Waals surface area contributed by atoms with Crippen LogP contribution < -0.4 is 10.6 Å². The highest BCUT2D eigenvalue weighted by Crippen LogP contribution is 2.26. The van der Waals surface area contributed by atoms with Gasteiger partial charge in [0.25, 0.3) is 0 Å². The highest BCUT2D eigenvalue weighted by Gasteiger charge is 2.21. The zero-order valence-corrected chi connectivity index (χ0v) is 12.1. The van der Waals surface area contributed by atoms with Gasteiger partial charge in [0, 0.05) is 13.1 Å². The molecule has 1 saturated carbocycles. The summed E-state index contributed by atoms with van der Waals surface area (Å²) in [6, 6.07) is 5.68. The zero-order valence-electron chi connectivity index (χ0n) is 12.1. The van der Waals surface area contributed by atoms with Crippen molar-refractivity contribution in [2.75, 3.05) is 6.54 Å². The molecule has 1 aromatic rings. The van der Waals surface area contributed by atoms with Crippen LogP contribution in [0, 0.1) is 11.7 Å². The molecule has 0 spiro atoms. The van der Waals surface area contributed by atoms with Gasteiger partial charge in [0.05, 0.1) is 6.10 Å². The Morgan fingerprint density at radius 2 is 1.86 bits per heavy atom. The van der Waals surface area contributed by atoms with Gasteiger partial charge in [0.1, 0.15) is 5.82 Å².